The molecule has 0 bridgehead atoms. The van der Waals surface area contributed by atoms with Crippen molar-refractivity contribution in [1.82, 2.24) is 0 Å². The Morgan fingerprint density at radius 1 is 0.284 bits per heavy atom. The first-order chi connectivity index (χ1) is 34.4. The molecular formula is C58H70Cl2N2O8P2Rh2. The molecule has 0 unspecified atom stereocenters. The van der Waals surface area contributed by atoms with Gasteiger partial charge in [0.1, 0.15) is 31.8 Å². The van der Waals surface area contributed by atoms with Crippen molar-refractivity contribution in [3.8, 4) is 0 Å². The smallest absolute Gasteiger partial charge is 0.102 e. The maximum absolute atomic E-state index is 8.49. The van der Waals surface area contributed by atoms with Gasteiger partial charge in [-0.3, -0.25) is 0 Å². The fourth-order valence-corrected chi connectivity index (χ4v) is 11.5. The zero-order chi connectivity index (χ0) is 53.3. The Hall–Kier alpha value is -4.01. The number of allylic oxidation sites excluding steroid dienone is 8. The normalized spacial score (nSPS) is 13.8. The third kappa shape index (κ3) is 43.2. The van der Waals surface area contributed by atoms with Gasteiger partial charge >= 0.3 is 0 Å². The summed E-state index contributed by atoms with van der Waals surface area (Å²) < 4.78 is 67.9. The molecule has 2 aliphatic carbocycles. The quantitative estimate of drug-likeness (QED) is 0.106. The summed E-state index contributed by atoms with van der Waals surface area (Å²) in [5, 5.41) is 21.6. The summed E-state index contributed by atoms with van der Waals surface area (Å²) >= 11 is 0. The van der Waals surface area contributed by atoms with Crippen molar-refractivity contribution >= 4 is 59.1 Å². The average Bonchev–Trinajstić information content (AvgIpc) is 3.30. The van der Waals surface area contributed by atoms with E-state index < -0.39 is 36.3 Å². The van der Waals surface area contributed by atoms with E-state index in [-0.39, 0.29) is 39.0 Å². The molecule has 0 spiro atoms. The Bertz CT molecular complexity index is 1970. The van der Waals surface area contributed by atoms with Gasteiger partial charge in [0.15, 0.2) is 0 Å². The fraction of sp³-hybridized carbons (Fsp3) is 0.207. The number of halogens is 2. The molecule has 10 nitrogen and oxygen atoms in total. The molecule has 2 N–H and O–H groups in total. The Kier molecular flexibility index (Phi) is 44.0. The van der Waals surface area contributed by atoms with Crippen LogP contribution in [0.2, 0.25) is 0 Å². The van der Waals surface area contributed by atoms with E-state index in [1.807, 2.05) is 0 Å². The van der Waals surface area contributed by atoms with E-state index in [4.69, 9.17) is 48.1 Å². The molecule has 0 saturated heterocycles. The molecule has 0 atom stereocenters. The first kappa shape index (κ1) is 72.1. The molecule has 0 aromatic heterocycles. The number of hydrogen-bond donors (Lipinski definition) is 2. The van der Waals surface area contributed by atoms with Crippen molar-refractivity contribution in [1.29, 1.82) is 10.8 Å². The first-order valence-electron chi connectivity index (χ1n) is 23.3. The van der Waals surface area contributed by atoms with Crippen LogP contribution in [0.15, 0.2) is 231 Å². The summed E-state index contributed by atoms with van der Waals surface area (Å²) in [4.78, 5) is 0. The topological polar surface area (TPSA) is 232 Å². The van der Waals surface area contributed by atoms with Gasteiger partial charge in [-0.15, -0.1) is 20.5 Å². The second-order valence-electron chi connectivity index (χ2n) is 15.9. The summed E-state index contributed by atoms with van der Waals surface area (Å²) in [5.74, 6) is 0. The van der Waals surface area contributed by atoms with Gasteiger partial charge in [0.05, 0.1) is 15.8 Å². The largest absolute Gasteiger partial charge is 0.310 e. The second kappa shape index (κ2) is 45.2. The van der Waals surface area contributed by atoms with Crippen LogP contribution in [-0.4, -0.2) is 11.4 Å². The molecular weight excluding hydrogens is 1190 g/mol. The third-order valence-corrected chi connectivity index (χ3v) is 14.5. The fourth-order valence-electron chi connectivity index (χ4n) is 6.34. The van der Waals surface area contributed by atoms with Gasteiger partial charge in [-0.2, -0.15) is 0 Å². The van der Waals surface area contributed by atoms with Gasteiger partial charge in [-0.05, 0) is 152 Å². The summed E-state index contributed by atoms with van der Waals surface area (Å²) in [6, 6.07) is 65.0. The molecule has 2 radical (unpaired) electrons. The minimum Gasteiger partial charge on any atom is -0.310 e. The molecule has 0 fully saturated rings. The molecule has 16 heteroatoms. The van der Waals surface area contributed by atoms with Crippen molar-refractivity contribution in [2.24, 2.45) is 0 Å². The number of rotatable bonds is 6. The van der Waals surface area contributed by atoms with Gasteiger partial charge < -0.3 is 10.8 Å². The predicted molar refractivity (Wildman–Crippen MR) is 285 cm³/mol. The van der Waals surface area contributed by atoms with Crippen LogP contribution < -0.4 is 69.1 Å². The number of nitrogens with one attached hydrogen (secondary N) is 2. The standard InChI is InChI=1S/2C18H15P.2C8H12.2C3H7N.2ClHO4.2Rh/c2*1-4-10-16(11-5-1)19(17-12-6-2-7-13-17)18-14-8-3-9-15-18;2*1-2-4-6-8-7-5-3-1;2*1-3(2)4;2*2-1(3,4)5;;/h2*1-15H;2*1-2,7-8H,3-6H2;2*4H,1-2H3;2*(H,2,3,4,5);;/b;;2*2-1-,8-7-;;;;;;. The van der Waals surface area contributed by atoms with Crippen LogP contribution in [0.25, 0.3) is 0 Å². The van der Waals surface area contributed by atoms with Gasteiger partial charge in [0, 0.05) is 50.4 Å². The van der Waals surface area contributed by atoms with Crippen LogP contribution in [-0.2, 0) is 39.0 Å². The zero-order valence-electron chi connectivity index (χ0n) is 42.3. The molecule has 74 heavy (non-hydrogen) atoms. The maximum atomic E-state index is 8.49. The van der Waals surface area contributed by atoms with E-state index in [2.05, 4.69) is 231 Å². The molecule has 0 amide bonds. The Labute approximate surface area is 472 Å². The van der Waals surface area contributed by atoms with Crippen LogP contribution in [0, 0.1) is 31.3 Å². The van der Waals surface area contributed by atoms with E-state index in [9.17, 15) is 0 Å². The van der Waals surface area contributed by atoms with Crippen LogP contribution in [0.5, 0.6) is 0 Å². The van der Waals surface area contributed by atoms with E-state index in [0.29, 0.717) is 11.4 Å². The van der Waals surface area contributed by atoms with Gasteiger partial charge in [-0.25, -0.2) is 37.3 Å². The average molecular weight is 1260 g/mol. The summed E-state index contributed by atoms with van der Waals surface area (Å²) in [7, 11) is -11.6. The van der Waals surface area contributed by atoms with Crippen molar-refractivity contribution < 1.29 is 96.7 Å². The van der Waals surface area contributed by atoms with Crippen molar-refractivity contribution in [3.63, 3.8) is 0 Å². The van der Waals surface area contributed by atoms with Crippen molar-refractivity contribution in [2.45, 2.75) is 79.1 Å². The summed E-state index contributed by atoms with van der Waals surface area (Å²) in [6.07, 6.45) is 28.0. The molecule has 2 aliphatic rings. The second-order valence-corrected chi connectivity index (χ2v) is 22.4. The number of hydrogen-bond acceptors (Lipinski definition) is 10. The molecule has 402 valence electrons. The van der Waals surface area contributed by atoms with Crippen molar-refractivity contribution in [3.05, 3.63) is 231 Å². The van der Waals surface area contributed by atoms with E-state index >= 15 is 0 Å². The van der Waals surface area contributed by atoms with Gasteiger partial charge in [-0.1, -0.05) is 158 Å². The van der Waals surface area contributed by atoms with Gasteiger partial charge in [0.25, 0.3) is 0 Å². The summed E-state index contributed by atoms with van der Waals surface area (Å²) in [5.41, 5.74) is 1.33. The monoisotopic (exact) mass is 1260 g/mol. The van der Waals surface area contributed by atoms with E-state index in [1.54, 1.807) is 27.7 Å². The minimum atomic E-state index is -4.94. The molecule has 0 saturated carbocycles. The van der Waals surface area contributed by atoms with Crippen LogP contribution in [0.3, 0.4) is 0 Å². The van der Waals surface area contributed by atoms with Crippen LogP contribution in [0.4, 0.5) is 0 Å². The maximum Gasteiger partial charge on any atom is 0.102 e. The Balaban J connectivity index is 0. The first-order valence-corrected chi connectivity index (χ1v) is 28.8. The van der Waals surface area contributed by atoms with Gasteiger partial charge in [0.2, 0.25) is 0 Å². The van der Waals surface area contributed by atoms with E-state index in [1.165, 1.54) is 83.2 Å². The third-order valence-electron chi connectivity index (χ3n) is 9.04. The van der Waals surface area contributed by atoms with E-state index in [0.717, 1.165) is 0 Å². The summed E-state index contributed by atoms with van der Waals surface area (Å²) in [6.45, 7) is 7.00. The predicted octanol–water partition coefficient (Wildman–Crippen LogP) is 4.27. The number of benzene rings is 6. The Morgan fingerprint density at radius 2 is 0.378 bits per heavy atom. The van der Waals surface area contributed by atoms with Crippen molar-refractivity contribution in [2.75, 3.05) is 0 Å². The molecule has 0 aliphatic heterocycles. The van der Waals surface area contributed by atoms with Crippen LogP contribution >= 0.6 is 15.8 Å². The molecule has 6 aromatic rings. The molecule has 0 heterocycles. The Morgan fingerprint density at radius 3 is 0.473 bits per heavy atom. The molecule has 6 aromatic carbocycles. The zero-order valence-corrected chi connectivity index (χ0v) is 49.1. The minimum absolute atomic E-state index is 0. The SMILES string of the molecule is C1=C\CC/C=C\CC/1.C1=C\CC/C=C\CC/1.CC(C)=N.CC(C)=N.[O-][Cl+3]([O-])([O-])[O-].[O-][Cl+3]([O-])([O-])[O-].[Rh].[Rh].c1ccc([PH+](c2ccccc2)c2ccccc2)cc1.c1ccc([PH+](c2ccccc2)c2ccccc2)cc1. The molecule has 8 rings (SSSR count). The van der Waals surface area contributed by atoms with Crippen LogP contribution in [0.1, 0.15) is 79.1 Å².